The van der Waals surface area contributed by atoms with Gasteiger partial charge in [-0.15, -0.1) is 0 Å². The lowest BCUT2D eigenvalue weighted by molar-refractivity contribution is -0.387. The van der Waals surface area contributed by atoms with Crippen LogP contribution in [0.1, 0.15) is 20.7 Å². The molecule has 0 heterocycles. The molecule has 9 heteroatoms. The maximum Gasteiger partial charge on any atom is 0.284 e. The fourth-order valence-electron chi connectivity index (χ4n) is 2.60. The molecule has 2 N–H and O–H groups in total. The Morgan fingerprint density at radius 2 is 1.67 bits per heavy atom. The van der Waals surface area contributed by atoms with Crippen molar-refractivity contribution < 1.29 is 14.5 Å². The third kappa shape index (κ3) is 5.16. The molecule has 0 aliphatic rings. The zero-order valence-corrected chi connectivity index (χ0v) is 17.3. The summed E-state index contributed by atoms with van der Waals surface area (Å²) in [5, 5.41) is 17.3. The number of nitrogens with one attached hydrogen (secondary N) is 2. The highest BCUT2D eigenvalue weighted by Crippen LogP contribution is 2.36. The smallest absolute Gasteiger partial charge is 0.284 e. The molecule has 0 saturated heterocycles. The Morgan fingerprint density at radius 3 is 2.33 bits per heavy atom. The van der Waals surface area contributed by atoms with Crippen LogP contribution in [0.15, 0.2) is 76.5 Å². The number of hydrogen-bond donors (Lipinski definition) is 2. The van der Waals surface area contributed by atoms with Crippen molar-refractivity contribution in [3.8, 4) is 0 Å². The van der Waals surface area contributed by atoms with Crippen molar-refractivity contribution in [3.63, 3.8) is 0 Å². The molecule has 3 rings (SSSR count). The van der Waals surface area contributed by atoms with Crippen molar-refractivity contribution >= 4 is 46.6 Å². The summed E-state index contributed by atoms with van der Waals surface area (Å²) in [6.07, 6.45) is 0. The van der Waals surface area contributed by atoms with Crippen LogP contribution in [0.25, 0.3) is 0 Å². The number of carbonyl (C=O) groups excluding carboxylic acids is 2. The first-order valence-corrected chi connectivity index (χ1v) is 9.92. The van der Waals surface area contributed by atoms with E-state index >= 15 is 0 Å². The minimum atomic E-state index is -0.527. The molecule has 0 saturated carbocycles. The second-order valence-electron chi connectivity index (χ2n) is 6.11. The van der Waals surface area contributed by atoms with E-state index in [-0.39, 0.29) is 17.2 Å². The minimum Gasteiger partial charge on any atom is -0.355 e. The number of anilines is 1. The normalized spacial score (nSPS) is 10.3. The van der Waals surface area contributed by atoms with E-state index in [9.17, 15) is 19.7 Å². The van der Waals surface area contributed by atoms with E-state index in [0.29, 0.717) is 21.2 Å². The van der Waals surface area contributed by atoms with Crippen LogP contribution in [0.4, 0.5) is 11.4 Å². The van der Waals surface area contributed by atoms with Crippen molar-refractivity contribution in [1.29, 1.82) is 0 Å². The van der Waals surface area contributed by atoms with Crippen molar-refractivity contribution in [2.45, 2.75) is 9.79 Å². The maximum absolute atomic E-state index is 12.6. The molecule has 7 nitrogen and oxygen atoms in total. The number of nitrogens with zero attached hydrogens (tertiary/aromatic N) is 1. The van der Waals surface area contributed by atoms with Gasteiger partial charge in [0.25, 0.3) is 17.5 Å². The van der Waals surface area contributed by atoms with Crippen molar-refractivity contribution in [2.24, 2.45) is 0 Å². The summed E-state index contributed by atoms with van der Waals surface area (Å²) in [6.45, 7) is 0. The van der Waals surface area contributed by atoms with Gasteiger partial charge in [-0.2, -0.15) is 0 Å². The third-order valence-electron chi connectivity index (χ3n) is 4.07. The third-order valence-corrected chi connectivity index (χ3v) is 5.39. The molecule has 0 aliphatic heterocycles. The van der Waals surface area contributed by atoms with Gasteiger partial charge in [-0.05, 0) is 54.6 Å². The number of nitro benzene ring substituents is 1. The number of rotatable bonds is 6. The van der Waals surface area contributed by atoms with Gasteiger partial charge in [-0.25, -0.2) is 0 Å². The Balaban J connectivity index is 1.83. The lowest BCUT2D eigenvalue weighted by atomic mass is 10.1. The maximum atomic E-state index is 12.6. The number of amides is 2. The first-order valence-electron chi connectivity index (χ1n) is 8.73. The van der Waals surface area contributed by atoms with E-state index in [1.165, 1.54) is 43.1 Å². The molecule has 0 aliphatic carbocycles. The molecule has 152 valence electrons. The molecule has 0 radical (unpaired) electrons. The zero-order chi connectivity index (χ0) is 21.7. The monoisotopic (exact) mass is 441 g/mol. The van der Waals surface area contributed by atoms with Crippen LogP contribution in [0.5, 0.6) is 0 Å². The summed E-state index contributed by atoms with van der Waals surface area (Å²) in [6, 6.07) is 17.6. The SMILES string of the molecule is CNC(=O)c1cccc(NC(=O)c2ccc(Sc3ccc(Cl)cc3)c([N+](=O)[O-])c2)c1. The van der Waals surface area contributed by atoms with E-state index < -0.39 is 10.8 Å². The molecule has 0 fully saturated rings. The largest absolute Gasteiger partial charge is 0.355 e. The number of nitro groups is 1. The Kier molecular flexibility index (Phi) is 6.71. The molecular formula is C21H16ClN3O4S. The molecule has 0 unspecified atom stereocenters. The van der Waals surface area contributed by atoms with E-state index in [1.807, 2.05) is 0 Å². The lowest BCUT2D eigenvalue weighted by Gasteiger charge is -2.09. The fraction of sp³-hybridized carbons (Fsp3) is 0.0476. The molecule has 0 spiro atoms. The molecular weight excluding hydrogens is 426 g/mol. The highest BCUT2D eigenvalue weighted by atomic mass is 35.5. The molecule has 2 amide bonds. The number of benzene rings is 3. The van der Waals surface area contributed by atoms with Crippen LogP contribution >= 0.6 is 23.4 Å². The zero-order valence-electron chi connectivity index (χ0n) is 15.7. The molecule has 0 bridgehead atoms. The van der Waals surface area contributed by atoms with Gasteiger partial charge in [0.15, 0.2) is 0 Å². The first kappa shape index (κ1) is 21.4. The summed E-state index contributed by atoms with van der Waals surface area (Å²) in [5.74, 6) is -0.805. The van der Waals surface area contributed by atoms with Crippen LogP contribution in [0.3, 0.4) is 0 Å². The van der Waals surface area contributed by atoms with Gasteiger partial charge >= 0.3 is 0 Å². The van der Waals surface area contributed by atoms with E-state index in [1.54, 1.807) is 42.5 Å². The van der Waals surface area contributed by atoms with E-state index in [2.05, 4.69) is 10.6 Å². The quantitative estimate of drug-likeness (QED) is 0.413. The Morgan fingerprint density at radius 1 is 0.967 bits per heavy atom. The average Bonchev–Trinajstić information content (AvgIpc) is 2.75. The van der Waals surface area contributed by atoms with Gasteiger partial charge in [0.05, 0.1) is 9.82 Å². The average molecular weight is 442 g/mol. The topological polar surface area (TPSA) is 101 Å². The second-order valence-corrected chi connectivity index (χ2v) is 7.66. The van der Waals surface area contributed by atoms with Crippen LogP contribution in [-0.4, -0.2) is 23.8 Å². The highest BCUT2D eigenvalue weighted by Gasteiger charge is 2.19. The van der Waals surface area contributed by atoms with Crippen LogP contribution in [0.2, 0.25) is 5.02 Å². The predicted molar refractivity (Wildman–Crippen MR) is 116 cm³/mol. The van der Waals surface area contributed by atoms with Crippen molar-refractivity contribution in [3.05, 3.63) is 93.0 Å². The standard InChI is InChI=1S/C21H16ClN3O4S/c1-23-20(26)13-3-2-4-16(11-13)24-21(27)14-5-10-19(18(12-14)25(28)29)30-17-8-6-15(22)7-9-17/h2-12H,1H3,(H,23,26)(H,24,27). The molecule has 0 atom stereocenters. The van der Waals surface area contributed by atoms with Gasteiger partial charge in [0.2, 0.25) is 0 Å². The fourth-order valence-corrected chi connectivity index (χ4v) is 3.63. The molecule has 3 aromatic rings. The number of carbonyl (C=O) groups is 2. The number of halogens is 1. The van der Waals surface area contributed by atoms with Gasteiger partial charge in [-0.1, -0.05) is 29.4 Å². The summed E-state index contributed by atoms with van der Waals surface area (Å²) in [4.78, 5) is 36.5. The van der Waals surface area contributed by atoms with Crippen LogP contribution in [-0.2, 0) is 0 Å². The van der Waals surface area contributed by atoms with Gasteiger partial charge in [-0.3, -0.25) is 19.7 Å². The van der Waals surface area contributed by atoms with Gasteiger partial charge in [0, 0.05) is 39.8 Å². The Bertz CT molecular complexity index is 1120. The minimum absolute atomic E-state index is 0.132. The van der Waals surface area contributed by atoms with Gasteiger partial charge in [0.1, 0.15) is 0 Å². The Hall–Kier alpha value is -3.36. The highest BCUT2D eigenvalue weighted by molar-refractivity contribution is 7.99. The van der Waals surface area contributed by atoms with Gasteiger partial charge < -0.3 is 10.6 Å². The molecule has 0 aromatic heterocycles. The summed E-state index contributed by atoms with van der Waals surface area (Å²) < 4.78 is 0. The van der Waals surface area contributed by atoms with Crippen molar-refractivity contribution in [2.75, 3.05) is 12.4 Å². The van der Waals surface area contributed by atoms with Crippen LogP contribution in [0, 0.1) is 10.1 Å². The predicted octanol–water partition coefficient (Wildman–Crippen LogP) is 5.01. The van der Waals surface area contributed by atoms with E-state index in [0.717, 1.165) is 4.90 Å². The van der Waals surface area contributed by atoms with E-state index in [4.69, 9.17) is 11.6 Å². The second kappa shape index (κ2) is 9.43. The Labute approximate surface area is 181 Å². The summed E-state index contributed by atoms with van der Waals surface area (Å²) >= 11 is 7.08. The van der Waals surface area contributed by atoms with Crippen molar-refractivity contribution in [1.82, 2.24) is 5.32 Å². The lowest BCUT2D eigenvalue weighted by Crippen LogP contribution is -2.18. The summed E-state index contributed by atoms with van der Waals surface area (Å²) in [5.41, 5.74) is 0.744. The van der Waals surface area contributed by atoms with Crippen LogP contribution < -0.4 is 10.6 Å². The summed E-state index contributed by atoms with van der Waals surface area (Å²) in [7, 11) is 1.51. The molecule has 30 heavy (non-hydrogen) atoms. The first-order chi connectivity index (χ1) is 14.4. The number of hydrogen-bond acceptors (Lipinski definition) is 5. The molecule has 3 aromatic carbocycles.